The molecule has 0 saturated heterocycles. The number of methoxy groups -OCH3 is 1. The first-order chi connectivity index (χ1) is 16.3. The van der Waals surface area contributed by atoms with Gasteiger partial charge in [0.1, 0.15) is 17.1 Å². The molecule has 0 radical (unpaired) electrons. The predicted molar refractivity (Wildman–Crippen MR) is 134 cm³/mol. The second-order valence-corrected chi connectivity index (χ2v) is 9.63. The third-order valence-corrected chi connectivity index (χ3v) is 6.37. The number of amides is 2. The van der Waals surface area contributed by atoms with Gasteiger partial charge in [0.2, 0.25) is 0 Å². The van der Waals surface area contributed by atoms with E-state index in [1.807, 2.05) is 66.7 Å². The Labute approximate surface area is 204 Å². The summed E-state index contributed by atoms with van der Waals surface area (Å²) in [6.45, 7) is 4.54. The largest absolute Gasteiger partial charge is 0.497 e. The Balaban J connectivity index is 1.40. The average molecular weight is 476 g/mol. The lowest BCUT2D eigenvalue weighted by Gasteiger charge is -2.16. The maximum atomic E-state index is 13.2. The number of halogens is 1. The molecular weight excluding hydrogens is 450 g/mol. The van der Waals surface area contributed by atoms with Crippen molar-refractivity contribution < 1.29 is 14.3 Å². The molecule has 1 atom stereocenters. The van der Waals surface area contributed by atoms with Gasteiger partial charge >= 0.3 is 6.03 Å². The van der Waals surface area contributed by atoms with Crippen molar-refractivity contribution in [2.75, 3.05) is 19.0 Å². The van der Waals surface area contributed by atoms with E-state index >= 15 is 0 Å². The number of ether oxygens (including phenoxy) is 2. The molecular formula is C27H26ClN3O3. The van der Waals surface area contributed by atoms with E-state index in [0.717, 1.165) is 46.0 Å². The van der Waals surface area contributed by atoms with Crippen LogP contribution in [0.1, 0.15) is 36.5 Å². The van der Waals surface area contributed by atoms with Crippen LogP contribution in [0.15, 0.2) is 71.8 Å². The monoisotopic (exact) mass is 475 g/mol. The van der Waals surface area contributed by atoms with Gasteiger partial charge in [-0.1, -0.05) is 23.7 Å². The number of hydrogen-bond donors (Lipinski definition) is 1. The van der Waals surface area contributed by atoms with Crippen molar-refractivity contribution in [2.45, 2.75) is 31.8 Å². The van der Waals surface area contributed by atoms with Crippen LogP contribution in [0.4, 0.5) is 10.5 Å². The van der Waals surface area contributed by atoms with Crippen LogP contribution >= 0.6 is 11.6 Å². The van der Waals surface area contributed by atoms with Gasteiger partial charge in [-0.05, 0) is 79.6 Å². The summed E-state index contributed by atoms with van der Waals surface area (Å²) in [5, 5.41) is 9.88. The van der Waals surface area contributed by atoms with Crippen LogP contribution < -0.4 is 14.8 Å². The molecule has 0 saturated carbocycles. The van der Waals surface area contributed by atoms with Crippen LogP contribution in [0.25, 0.3) is 0 Å². The molecule has 174 valence electrons. The summed E-state index contributed by atoms with van der Waals surface area (Å²) < 4.78 is 11.2. The fraction of sp³-hybridized carbons (Fsp3) is 0.259. The van der Waals surface area contributed by atoms with Crippen LogP contribution in [0.2, 0.25) is 5.02 Å². The summed E-state index contributed by atoms with van der Waals surface area (Å²) in [7, 11) is 1.64. The third kappa shape index (κ3) is 4.46. The summed E-state index contributed by atoms with van der Waals surface area (Å²) >= 11 is 6.10. The van der Waals surface area contributed by atoms with E-state index in [1.165, 1.54) is 5.01 Å². The number of carbonyl (C=O) groups is 1. The van der Waals surface area contributed by atoms with Gasteiger partial charge in [-0.2, -0.15) is 5.10 Å². The molecule has 0 aliphatic carbocycles. The lowest BCUT2D eigenvalue weighted by atomic mass is 9.90. The first-order valence-corrected chi connectivity index (χ1v) is 11.6. The lowest BCUT2D eigenvalue weighted by Crippen LogP contribution is -2.30. The second-order valence-electron chi connectivity index (χ2n) is 9.19. The number of anilines is 1. The molecule has 0 spiro atoms. The van der Waals surface area contributed by atoms with E-state index in [2.05, 4.69) is 19.2 Å². The van der Waals surface area contributed by atoms with Gasteiger partial charge in [0, 0.05) is 28.6 Å². The highest BCUT2D eigenvalue weighted by atomic mass is 35.5. The van der Waals surface area contributed by atoms with Crippen molar-refractivity contribution in [2.24, 2.45) is 5.10 Å². The maximum Gasteiger partial charge on any atom is 0.342 e. The number of fused-ring (bicyclic) bond motifs is 1. The molecule has 2 amide bonds. The summed E-state index contributed by atoms with van der Waals surface area (Å²) in [5.74, 6) is 1.56. The fourth-order valence-electron chi connectivity index (χ4n) is 4.48. The van der Waals surface area contributed by atoms with Crippen molar-refractivity contribution in [1.82, 2.24) is 5.01 Å². The van der Waals surface area contributed by atoms with Crippen molar-refractivity contribution in [3.05, 3.63) is 88.4 Å². The van der Waals surface area contributed by atoms with Crippen molar-refractivity contribution in [3.63, 3.8) is 0 Å². The number of benzene rings is 3. The molecule has 0 fully saturated rings. The van der Waals surface area contributed by atoms with Gasteiger partial charge < -0.3 is 14.8 Å². The number of carbonyl (C=O) groups excluding carboxylic acids is 1. The van der Waals surface area contributed by atoms with E-state index in [4.69, 9.17) is 26.2 Å². The number of nitrogens with zero attached hydrogens (tertiary/aromatic N) is 2. The van der Waals surface area contributed by atoms with Gasteiger partial charge in [0.25, 0.3) is 0 Å². The molecule has 3 aromatic rings. The molecule has 3 aromatic carbocycles. The molecule has 0 bridgehead atoms. The van der Waals surface area contributed by atoms with E-state index in [9.17, 15) is 4.79 Å². The SMILES string of the molecule is COc1ccc(C2=NN(C(=O)Nc3ccc4c(c3)CC(C)(C)O4)CC2c2ccc(Cl)cc2)cc1. The minimum atomic E-state index is -0.277. The van der Waals surface area contributed by atoms with Crippen LogP contribution in [-0.4, -0.2) is 36.0 Å². The molecule has 1 N–H and O–H groups in total. The number of nitrogens with one attached hydrogen (secondary N) is 1. The van der Waals surface area contributed by atoms with Gasteiger partial charge in [-0.15, -0.1) is 0 Å². The maximum absolute atomic E-state index is 13.2. The molecule has 5 rings (SSSR count). The first-order valence-electron chi connectivity index (χ1n) is 11.2. The van der Waals surface area contributed by atoms with E-state index < -0.39 is 0 Å². The lowest BCUT2D eigenvalue weighted by molar-refractivity contribution is 0.138. The van der Waals surface area contributed by atoms with Crippen LogP contribution in [0, 0.1) is 0 Å². The Kier molecular flexibility index (Phi) is 5.70. The normalized spacial score (nSPS) is 18.2. The van der Waals surface area contributed by atoms with Crippen LogP contribution in [0.5, 0.6) is 11.5 Å². The molecule has 6 nitrogen and oxygen atoms in total. The Bertz CT molecular complexity index is 1250. The van der Waals surface area contributed by atoms with Gasteiger partial charge in [0.05, 0.1) is 19.4 Å². The Morgan fingerprint density at radius 3 is 2.56 bits per heavy atom. The Morgan fingerprint density at radius 1 is 1.12 bits per heavy atom. The standard InChI is InChI=1S/C27H26ClN3O3/c1-27(2)15-19-14-21(10-13-24(19)34-27)29-26(32)31-16-23(17-4-8-20(28)9-5-17)25(30-31)18-6-11-22(33-3)12-7-18/h4-14,23H,15-16H2,1-3H3,(H,29,32). The third-order valence-electron chi connectivity index (χ3n) is 6.12. The minimum absolute atomic E-state index is 0.0781. The average Bonchev–Trinajstić information content (AvgIpc) is 3.39. The first kappa shape index (κ1) is 22.3. The van der Waals surface area contributed by atoms with Gasteiger partial charge in [-0.3, -0.25) is 0 Å². The summed E-state index contributed by atoms with van der Waals surface area (Å²) in [5.41, 5.74) is 4.39. The zero-order valence-corrected chi connectivity index (χ0v) is 20.1. The summed E-state index contributed by atoms with van der Waals surface area (Å²) in [6, 6.07) is 20.9. The van der Waals surface area contributed by atoms with E-state index in [-0.39, 0.29) is 17.6 Å². The Hall–Kier alpha value is -3.51. The zero-order chi connectivity index (χ0) is 23.9. The number of hydrogen-bond acceptors (Lipinski definition) is 4. The molecule has 2 heterocycles. The topological polar surface area (TPSA) is 63.2 Å². The minimum Gasteiger partial charge on any atom is -0.497 e. The fourth-order valence-corrected chi connectivity index (χ4v) is 4.61. The molecule has 2 aliphatic rings. The van der Waals surface area contributed by atoms with Crippen molar-refractivity contribution in [3.8, 4) is 11.5 Å². The van der Waals surface area contributed by atoms with Crippen LogP contribution in [0.3, 0.4) is 0 Å². The summed E-state index contributed by atoms with van der Waals surface area (Å²) in [4.78, 5) is 13.2. The van der Waals surface area contributed by atoms with E-state index in [0.29, 0.717) is 11.6 Å². The van der Waals surface area contributed by atoms with Crippen molar-refractivity contribution in [1.29, 1.82) is 0 Å². The smallest absolute Gasteiger partial charge is 0.342 e. The van der Waals surface area contributed by atoms with Crippen molar-refractivity contribution >= 4 is 29.0 Å². The highest BCUT2D eigenvalue weighted by Crippen LogP contribution is 2.36. The van der Waals surface area contributed by atoms with Gasteiger partial charge in [-0.25, -0.2) is 9.80 Å². The highest BCUT2D eigenvalue weighted by molar-refractivity contribution is 6.30. The quantitative estimate of drug-likeness (QED) is 0.496. The number of urea groups is 1. The predicted octanol–water partition coefficient (Wildman–Crippen LogP) is 6.10. The molecule has 34 heavy (non-hydrogen) atoms. The Morgan fingerprint density at radius 2 is 1.85 bits per heavy atom. The number of rotatable bonds is 4. The second kappa shape index (κ2) is 8.69. The van der Waals surface area contributed by atoms with Crippen LogP contribution in [-0.2, 0) is 6.42 Å². The highest BCUT2D eigenvalue weighted by Gasteiger charge is 2.33. The molecule has 7 heteroatoms. The molecule has 2 aliphatic heterocycles. The van der Waals surface area contributed by atoms with E-state index in [1.54, 1.807) is 7.11 Å². The molecule has 1 unspecified atom stereocenters. The summed E-state index contributed by atoms with van der Waals surface area (Å²) in [6.07, 6.45) is 0.800. The number of hydrazone groups is 1. The molecule has 0 aromatic heterocycles. The zero-order valence-electron chi connectivity index (χ0n) is 19.3. The van der Waals surface area contributed by atoms with Gasteiger partial charge in [0.15, 0.2) is 0 Å².